The van der Waals surface area contributed by atoms with Crippen molar-refractivity contribution in [2.45, 2.75) is 77.6 Å². The van der Waals surface area contributed by atoms with Crippen LogP contribution < -0.4 is 11.1 Å². The van der Waals surface area contributed by atoms with E-state index >= 15 is 0 Å². The van der Waals surface area contributed by atoms with E-state index in [1.807, 2.05) is 13.1 Å². The predicted octanol–water partition coefficient (Wildman–Crippen LogP) is 2.76. The van der Waals surface area contributed by atoms with Crippen molar-refractivity contribution in [2.75, 3.05) is 6.54 Å². The fraction of sp³-hybridized carbons (Fsp3) is 0.722. The van der Waals surface area contributed by atoms with Crippen molar-refractivity contribution in [2.24, 2.45) is 5.73 Å². The van der Waals surface area contributed by atoms with Crippen molar-refractivity contribution >= 4 is 11.8 Å². The van der Waals surface area contributed by atoms with E-state index in [4.69, 9.17) is 5.73 Å². The molecule has 1 rings (SSSR count). The highest BCUT2D eigenvalue weighted by Gasteiger charge is 2.02. The molecule has 1 aromatic rings. The zero-order chi connectivity index (χ0) is 17.6. The molecule has 6 nitrogen and oxygen atoms in total. The molecular formula is C18H32N4O2. The maximum atomic E-state index is 11.7. The van der Waals surface area contributed by atoms with Gasteiger partial charge in [-0.25, -0.2) is 4.98 Å². The summed E-state index contributed by atoms with van der Waals surface area (Å²) in [6, 6.07) is 0. The zero-order valence-electron chi connectivity index (χ0n) is 14.9. The monoisotopic (exact) mass is 336 g/mol. The maximum absolute atomic E-state index is 11.7. The summed E-state index contributed by atoms with van der Waals surface area (Å²) >= 11 is 0. The van der Waals surface area contributed by atoms with Crippen molar-refractivity contribution in [3.05, 3.63) is 17.7 Å². The Labute approximate surface area is 145 Å². The minimum absolute atomic E-state index is 0.137. The number of hydrogen-bond acceptors (Lipinski definition) is 3. The minimum atomic E-state index is -0.201. The van der Waals surface area contributed by atoms with E-state index in [1.54, 1.807) is 0 Å². The second kappa shape index (κ2) is 12.6. The Morgan fingerprint density at radius 1 is 1.04 bits per heavy atom. The fourth-order valence-electron chi connectivity index (χ4n) is 2.67. The highest BCUT2D eigenvalue weighted by molar-refractivity contribution is 5.75. The zero-order valence-corrected chi connectivity index (χ0v) is 14.9. The molecule has 0 unspecified atom stereocenters. The number of rotatable bonds is 14. The molecule has 6 heteroatoms. The summed E-state index contributed by atoms with van der Waals surface area (Å²) in [5.41, 5.74) is 6.16. The summed E-state index contributed by atoms with van der Waals surface area (Å²) in [7, 11) is 0. The number of aromatic nitrogens is 2. The lowest BCUT2D eigenvalue weighted by Crippen LogP contribution is -2.25. The van der Waals surface area contributed by atoms with E-state index in [0.29, 0.717) is 19.4 Å². The van der Waals surface area contributed by atoms with Crippen LogP contribution in [-0.2, 0) is 16.0 Å². The average molecular weight is 336 g/mol. The largest absolute Gasteiger partial charge is 0.370 e. The third kappa shape index (κ3) is 10.8. The summed E-state index contributed by atoms with van der Waals surface area (Å²) in [6.07, 6.45) is 12.5. The molecule has 0 aliphatic carbocycles. The van der Waals surface area contributed by atoms with Crippen LogP contribution in [0.1, 0.15) is 75.7 Å². The standard InChI is InChI=1S/C18H32N4O2/c1-15-21-14-16(22-15)12-13-20-18(24)11-9-7-5-3-2-4-6-8-10-17(19)23/h14H,2-13H2,1H3,(H2,19,23)(H,20,24)(H,21,22). The number of amides is 2. The molecule has 0 saturated heterocycles. The quantitative estimate of drug-likeness (QED) is 0.455. The predicted molar refractivity (Wildman–Crippen MR) is 95.4 cm³/mol. The van der Waals surface area contributed by atoms with Gasteiger partial charge in [-0.1, -0.05) is 38.5 Å². The Kier molecular flexibility index (Phi) is 10.6. The number of aromatic amines is 1. The molecule has 0 radical (unpaired) electrons. The Bertz CT molecular complexity index is 485. The molecule has 0 aromatic carbocycles. The first-order valence-electron chi connectivity index (χ1n) is 9.13. The third-order valence-electron chi connectivity index (χ3n) is 4.05. The van der Waals surface area contributed by atoms with Crippen LogP contribution in [0.2, 0.25) is 0 Å². The van der Waals surface area contributed by atoms with Gasteiger partial charge in [0.15, 0.2) is 0 Å². The number of aryl methyl sites for hydroxylation is 1. The van der Waals surface area contributed by atoms with Gasteiger partial charge in [-0.05, 0) is 19.8 Å². The number of nitrogens with zero attached hydrogens (tertiary/aromatic N) is 1. The van der Waals surface area contributed by atoms with Gasteiger partial charge in [0, 0.05) is 37.7 Å². The van der Waals surface area contributed by atoms with E-state index in [9.17, 15) is 9.59 Å². The lowest BCUT2D eigenvalue weighted by atomic mass is 10.1. The lowest BCUT2D eigenvalue weighted by molar-refractivity contribution is -0.121. The van der Waals surface area contributed by atoms with Gasteiger partial charge in [0.25, 0.3) is 0 Å². The summed E-state index contributed by atoms with van der Waals surface area (Å²) in [4.78, 5) is 29.6. The fourth-order valence-corrected chi connectivity index (χ4v) is 2.67. The number of nitrogens with two attached hydrogens (primary N) is 1. The lowest BCUT2D eigenvalue weighted by Gasteiger charge is -2.05. The highest BCUT2D eigenvalue weighted by Crippen LogP contribution is 2.10. The Balaban J connectivity index is 1.85. The Morgan fingerprint density at radius 2 is 1.62 bits per heavy atom. The van der Waals surface area contributed by atoms with Crippen LogP contribution in [0.4, 0.5) is 0 Å². The van der Waals surface area contributed by atoms with E-state index in [1.165, 1.54) is 25.7 Å². The Morgan fingerprint density at radius 3 is 2.17 bits per heavy atom. The van der Waals surface area contributed by atoms with Gasteiger partial charge in [0.05, 0.1) is 0 Å². The smallest absolute Gasteiger partial charge is 0.220 e. The third-order valence-corrected chi connectivity index (χ3v) is 4.05. The number of carbonyl (C=O) groups is 2. The molecule has 0 atom stereocenters. The van der Waals surface area contributed by atoms with Gasteiger partial charge >= 0.3 is 0 Å². The van der Waals surface area contributed by atoms with Crippen LogP contribution in [0.5, 0.6) is 0 Å². The normalized spacial score (nSPS) is 10.7. The van der Waals surface area contributed by atoms with Crippen molar-refractivity contribution < 1.29 is 9.59 Å². The number of imidazole rings is 1. The molecule has 24 heavy (non-hydrogen) atoms. The second-order valence-electron chi connectivity index (χ2n) is 6.39. The van der Waals surface area contributed by atoms with Crippen LogP contribution >= 0.6 is 0 Å². The van der Waals surface area contributed by atoms with Crippen molar-refractivity contribution in [1.29, 1.82) is 0 Å². The summed E-state index contributed by atoms with van der Waals surface area (Å²) in [5.74, 6) is 0.842. The van der Waals surface area contributed by atoms with Crippen LogP contribution in [0.25, 0.3) is 0 Å². The van der Waals surface area contributed by atoms with Gasteiger partial charge in [-0.3, -0.25) is 9.59 Å². The number of H-pyrrole nitrogens is 1. The van der Waals surface area contributed by atoms with E-state index in [-0.39, 0.29) is 11.8 Å². The first-order valence-corrected chi connectivity index (χ1v) is 9.13. The molecule has 4 N–H and O–H groups in total. The van der Waals surface area contributed by atoms with E-state index < -0.39 is 0 Å². The molecule has 0 aliphatic heterocycles. The maximum Gasteiger partial charge on any atom is 0.220 e. The molecule has 0 aliphatic rings. The first-order chi connectivity index (χ1) is 11.6. The van der Waals surface area contributed by atoms with Crippen LogP contribution in [0.15, 0.2) is 6.20 Å². The summed E-state index contributed by atoms with van der Waals surface area (Å²) < 4.78 is 0. The van der Waals surface area contributed by atoms with Gasteiger partial charge in [-0.2, -0.15) is 0 Å². The minimum Gasteiger partial charge on any atom is -0.370 e. The molecule has 0 saturated carbocycles. The molecule has 1 aromatic heterocycles. The van der Waals surface area contributed by atoms with Crippen LogP contribution in [0, 0.1) is 6.92 Å². The summed E-state index contributed by atoms with van der Waals surface area (Å²) in [6.45, 7) is 2.58. The van der Waals surface area contributed by atoms with Crippen LogP contribution in [0.3, 0.4) is 0 Å². The van der Waals surface area contributed by atoms with Gasteiger partial charge in [0.2, 0.25) is 11.8 Å². The molecule has 0 fully saturated rings. The van der Waals surface area contributed by atoms with Crippen LogP contribution in [-0.4, -0.2) is 28.3 Å². The first kappa shape index (κ1) is 20.2. The Hall–Kier alpha value is -1.85. The summed E-state index contributed by atoms with van der Waals surface area (Å²) in [5, 5.41) is 2.95. The van der Waals surface area contributed by atoms with Crippen molar-refractivity contribution in [3.63, 3.8) is 0 Å². The molecular weight excluding hydrogens is 304 g/mol. The number of nitrogens with one attached hydrogen (secondary N) is 2. The molecule has 1 heterocycles. The molecule has 2 amide bonds. The number of carbonyl (C=O) groups excluding carboxylic acids is 2. The van der Waals surface area contributed by atoms with Crippen molar-refractivity contribution in [3.8, 4) is 0 Å². The van der Waals surface area contributed by atoms with Crippen molar-refractivity contribution in [1.82, 2.24) is 15.3 Å². The topological polar surface area (TPSA) is 101 Å². The molecule has 136 valence electrons. The van der Waals surface area contributed by atoms with Gasteiger partial charge in [0.1, 0.15) is 5.82 Å². The molecule has 0 bridgehead atoms. The SMILES string of the molecule is Cc1ncc(CCNC(=O)CCCCCCCCCCC(N)=O)[nH]1. The molecule has 0 spiro atoms. The van der Waals surface area contributed by atoms with E-state index in [0.717, 1.165) is 43.6 Å². The van der Waals surface area contributed by atoms with E-state index in [2.05, 4.69) is 15.3 Å². The second-order valence-corrected chi connectivity index (χ2v) is 6.39. The number of hydrogen-bond donors (Lipinski definition) is 3. The van der Waals surface area contributed by atoms with Gasteiger partial charge < -0.3 is 16.0 Å². The number of unbranched alkanes of at least 4 members (excludes halogenated alkanes) is 7. The average Bonchev–Trinajstić information content (AvgIpc) is 2.94. The van der Waals surface area contributed by atoms with Gasteiger partial charge in [-0.15, -0.1) is 0 Å². The highest BCUT2D eigenvalue weighted by atomic mass is 16.1. The number of primary amides is 1.